The van der Waals surface area contributed by atoms with Crippen LogP contribution in [0.3, 0.4) is 0 Å². The highest BCUT2D eigenvalue weighted by Gasteiger charge is 2.09. The molecular formula is C13H11BrFN. The summed E-state index contributed by atoms with van der Waals surface area (Å²) < 4.78 is 14.3. The van der Waals surface area contributed by atoms with Gasteiger partial charge in [0.2, 0.25) is 0 Å². The van der Waals surface area contributed by atoms with Gasteiger partial charge in [0.1, 0.15) is 5.82 Å². The van der Waals surface area contributed by atoms with E-state index >= 15 is 0 Å². The minimum absolute atomic E-state index is 0.280. The van der Waals surface area contributed by atoms with E-state index in [9.17, 15) is 4.39 Å². The second-order valence-electron chi connectivity index (χ2n) is 3.73. The first-order valence-electron chi connectivity index (χ1n) is 4.89. The average Bonchev–Trinajstić information content (AvgIpc) is 2.25. The van der Waals surface area contributed by atoms with Gasteiger partial charge in [-0.25, -0.2) is 4.39 Å². The fourth-order valence-corrected chi connectivity index (χ4v) is 2.03. The molecule has 0 spiro atoms. The van der Waals surface area contributed by atoms with Gasteiger partial charge in [-0.2, -0.15) is 0 Å². The number of halogens is 2. The van der Waals surface area contributed by atoms with E-state index in [4.69, 9.17) is 5.73 Å². The van der Waals surface area contributed by atoms with Crippen LogP contribution < -0.4 is 5.73 Å². The van der Waals surface area contributed by atoms with Crippen molar-refractivity contribution in [2.45, 2.75) is 6.92 Å². The molecule has 0 aliphatic rings. The van der Waals surface area contributed by atoms with E-state index in [1.54, 1.807) is 12.1 Å². The molecule has 3 heteroatoms. The summed E-state index contributed by atoms with van der Waals surface area (Å²) in [6, 6.07) is 10.9. The van der Waals surface area contributed by atoms with Crippen LogP contribution in [0.5, 0.6) is 0 Å². The third kappa shape index (κ3) is 2.09. The SMILES string of the molecule is Cc1ccc(-c2cc(N)cc(Br)c2F)cc1. The number of aryl methyl sites for hydroxylation is 1. The zero-order valence-electron chi connectivity index (χ0n) is 8.80. The molecule has 0 unspecified atom stereocenters. The van der Waals surface area contributed by atoms with Gasteiger partial charge in [0.15, 0.2) is 0 Å². The molecule has 0 aromatic heterocycles. The number of hydrogen-bond acceptors (Lipinski definition) is 1. The van der Waals surface area contributed by atoms with Gasteiger partial charge in [0, 0.05) is 11.3 Å². The van der Waals surface area contributed by atoms with Crippen LogP contribution in [-0.4, -0.2) is 0 Å². The number of nitrogens with two attached hydrogens (primary N) is 1. The lowest BCUT2D eigenvalue weighted by molar-refractivity contribution is 0.625. The highest BCUT2D eigenvalue weighted by molar-refractivity contribution is 9.10. The molecule has 0 saturated carbocycles. The highest BCUT2D eigenvalue weighted by atomic mass is 79.9. The maximum atomic E-state index is 13.9. The predicted molar refractivity (Wildman–Crippen MR) is 68.7 cm³/mol. The van der Waals surface area contributed by atoms with E-state index in [0.29, 0.717) is 15.7 Å². The molecule has 2 N–H and O–H groups in total. The van der Waals surface area contributed by atoms with Crippen molar-refractivity contribution in [1.82, 2.24) is 0 Å². The Bertz CT molecular complexity index is 520. The molecule has 0 radical (unpaired) electrons. The zero-order valence-corrected chi connectivity index (χ0v) is 10.4. The lowest BCUT2D eigenvalue weighted by Crippen LogP contribution is -1.91. The summed E-state index contributed by atoms with van der Waals surface area (Å²) in [6.07, 6.45) is 0. The number of benzene rings is 2. The van der Waals surface area contributed by atoms with Crippen LogP contribution in [0, 0.1) is 12.7 Å². The number of anilines is 1. The molecular weight excluding hydrogens is 269 g/mol. The Morgan fingerprint density at radius 1 is 1.12 bits per heavy atom. The largest absolute Gasteiger partial charge is 0.399 e. The highest BCUT2D eigenvalue weighted by Crippen LogP contribution is 2.30. The van der Waals surface area contributed by atoms with Crippen LogP contribution in [0.15, 0.2) is 40.9 Å². The summed E-state index contributed by atoms with van der Waals surface area (Å²) in [5.41, 5.74) is 8.74. The van der Waals surface area contributed by atoms with Crippen molar-refractivity contribution in [2.75, 3.05) is 5.73 Å². The summed E-state index contributed by atoms with van der Waals surface area (Å²) >= 11 is 3.15. The maximum Gasteiger partial charge on any atom is 0.145 e. The van der Waals surface area contributed by atoms with Gasteiger partial charge in [-0.15, -0.1) is 0 Å². The van der Waals surface area contributed by atoms with Crippen LogP contribution in [-0.2, 0) is 0 Å². The maximum absolute atomic E-state index is 13.9. The number of rotatable bonds is 1. The molecule has 0 atom stereocenters. The van der Waals surface area contributed by atoms with E-state index in [1.807, 2.05) is 31.2 Å². The fraction of sp³-hybridized carbons (Fsp3) is 0.0769. The second-order valence-corrected chi connectivity index (χ2v) is 4.58. The Balaban J connectivity index is 2.59. The summed E-state index contributed by atoms with van der Waals surface area (Å²) in [7, 11) is 0. The molecule has 0 heterocycles. The standard InChI is InChI=1S/C13H11BrFN/c1-8-2-4-9(5-3-8)11-6-10(16)7-12(14)13(11)15/h2-7H,16H2,1H3. The predicted octanol–water partition coefficient (Wildman–Crippen LogP) is 4.15. The van der Waals surface area contributed by atoms with Gasteiger partial charge in [-0.1, -0.05) is 29.8 Å². The quantitative estimate of drug-likeness (QED) is 0.780. The summed E-state index contributed by atoms with van der Waals surface area (Å²) in [4.78, 5) is 0. The first-order valence-corrected chi connectivity index (χ1v) is 5.69. The Morgan fingerprint density at radius 3 is 2.38 bits per heavy atom. The third-order valence-electron chi connectivity index (χ3n) is 2.41. The van der Waals surface area contributed by atoms with Crippen molar-refractivity contribution in [3.05, 3.63) is 52.3 Å². The Labute approximate surface area is 102 Å². The first-order chi connectivity index (χ1) is 7.58. The van der Waals surface area contributed by atoms with Crippen molar-refractivity contribution in [1.29, 1.82) is 0 Å². The Morgan fingerprint density at radius 2 is 1.75 bits per heavy atom. The van der Waals surface area contributed by atoms with Crippen LogP contribution >= 0.6 is 15.9 Å². The molecule has 1 nitrogen and oxygen atoms in total. The van der Waals surface area contributed by atoms with Gasteiger partial charge in [0.05, 0.1) is 4.47 Å². The van der Waals surface area contributed by atoms with Crippen molar-refractivity contribution < 1.29 is 4.39 Å². The molecule has 0 saturated heterocycles. The van der Waals surface area contributed by atoms with Crippen molar-refractivity contribution in [3.8, 4) is 11.1 Å². The summed E-state index contributed by atoms with van der Waals surface area (Å²) in [6.45, 7) is 2.00. The van der Waals surface area contributed by atoms with Crippen LogP contribution in [0.25, 0.3) is 11.1 Å². The molecule has 0 bridgehead atoms. The molecule has 82 valence electrons. The van der Waals surface area contributed by atoms with Gasteiger partial charge in [-0.3, -0.25) is 0 Å². The summed E-state index contributed by atoms with van der Waals surface area (Å²) in [5, 5.41) is 0. The van der Waals surface area contributed by atoms with Gasteiger partial charge >= 0.3 is 0 Å². The molecule has 0 aliphatic carbocycles. The third-order valence-corrected chi connectivity index (χ3v) is 2.99. The van der Waals surface area contributed by atoms with Crippen molar-refractivity contribution in [2.24, 2.45) is 0 Å². The molecule has 2 rings (SSSR count). The first kappa shape index (κ1) is 11.1. The van der Waals surface area contributed by atoms with Crippen LogP contribution in [0.1, 0.15) is 5.56 Å². The number of nitrogen functional groups attached to an aromatic ring is 1. The molecule has 0 fully saturated rings. The molecule has 2 aromatic rings. The van der Waals surface area contributed by atoms with Gasteiger partial charge in [-0.05, 0) is 40.5 Å². The smallest absolute Gasteiger partial charge is 0.145 e. The van der Waals surface area contributed by atoms with Crippen molar-refractivity contribution >= 4 is 21.6 Å². The second kappa shape index (κ2) is 4.26. The van der Waals surface area contributed by atoms with E-state index in [1.165, 1.54) is 0 Å². The van der Waals surface area contributed by atoms with Crippen LogP contribution in [0.4, 0.5) is 10.1 Å². The van der Waals surface area contributed by atoms with Crippen molar-refractivity contribution in [3.63, 3.8) is 0 Å². The molecule has 0 aliphatic heterocycles. The fourth-order valence-electron chi connectivity index (χ4n) is 1.55. The monoisotopic (exact) mass is 279 g/mol. The van der Waals surface area contributed by atoms with E-state index in [0.717, 1.165) is 11.1 Å². The molecule has 0 amide bonds. The molecule has 2 aromatic carbocycles. The minimum Gasteiger partial charge on any atom is -0.399 e. The minimum atomic E-state index is -0.280. The van der Waals surface area contributed by atoms with E-state index in [-0.39, 0.29) is 5.82 Å². The molecule has 16 heavy (non-hydrogen) atoms. The topological polar surface area (TPSA) is 26.0 Å². The average molecular weight is 280 g/mol. The number of hydrogen-bond donors (Lipinski definition) is 1. The zero-order chi connectivity index (χ0) is 11.7. The van der Waals surface area contributed by atoms with Gasteiger partial charge < -0.3 is 5.73 Å². The van der Waals surface area contributed by atoms with E-state index < -0.39 is 0 Å². The Hall–Kier alpha value is -1.35. The summed E-state index contributed by atoms with van der Waals surface area (Å²) in [5.74, 6) is -0.280. The van der Waals surface area contributed by atoms with Gasteiger partial charge in [0.25, 0.3) is 0 Å². The lowest BCUT2D eigenvalue weighted by Gasteiger charge is -2.07. The van der Waals surface area contributed by atoms with Crippen LogP contribution in [0.2, 0.25) is 0 Å². The Kier molecular flexibility index (Phi) is 2.97. The normalized spacial score (nSPS) is 10.4. The van der Waals surface area contributed by atoms with E-state index in [2.05, 4.69) is 15.9 Å². The lowest BCUT2D eigenvalue weighted by atomic mass is 10.0.